The van der Waals surface area contributed by atoms with Gasteiger partial charge in [-0.3, -0.25) is 4.79 Å². The Balaban J connectivity index is 2.97. The smallest absolute Gasteiger partial charge is 0.254 e. The van der Waals surface area contributed by atoms with Crippen LogP contribution in [0.4, 0.5) is 8.78 Å². The maximum atomic E-state index is 13.4. The Hall–Kier alpha value is -1.16. The maximum absolute atomic E-state index is 13.4. The van der Waals surface area contributed by atoms with E-state index in [2.05, 4.69) is 5.32 Å². The summed E-state index contributed by atoms with van der Waals surface area (Å²) in [7, 11) is 0. The van der Waals surface area contributed by atoms with Gasteiger partial charge >= 0.3 is 0 Å². The number of carbonyl (C=O) groups is 1. The molecule has 2 nitrogen and oxygen atoms in total. The van der Waals surface area contributed by atoms with Crippen LogP contribution < -0.4 is 5.32 Å². The third kappa shape index (κ3) is 3.19. The van der Waals surface area contributed by atoms with Crippen molar-refractivity contribution in [2.24, 2.45) is 0 Å². The summed E-state index contributed by atoms with van der Waals surface area (Å²) in [6, 6.07) is 2.79. The quantitative estimate of drug-likeness (QED) is 0.819. The summed E-state index contributed by atoms with van der Waals surface area (Å²) in [6.07, 6.45) is 1.24. The summed E-state index contributed by atoms with van der Waals surface area (Å²) in [5.74, 6) is -1.81. The largest absolute Gasteiger partial charge is 0.345 e. The predicted molar refractivity (Wildman–Crippen MR) is 67.9 cm³/mol. The number of rotatable bonds is 5. The van der Waals surface area contributed by atoms with Crippen LogP contribution in [0.25, 0.3) is 0 Å². The Kier molecular flexibility index (Phi) is 5.08. The van der Waals surface area contributed by atoms with Crippen molar-refractivity contribution in [3.05, 3.63) is 35.4 Å². The number of carbonyl (C=O) groups excluding carboxylic acids is 1. The summed E-state index contributed by atoms with van der Waals surface area (Å²) in [5.41, 5.74) is -0.886. The molecule has 1 amide bonds. The molecule has 0 fully saturated rings. The molecule has 1 N–H and O–H groups in total. The lowest BCUT2D eigenvalue weighted by molar-refractivity contribution is 0.0898. The van der Waals surface area contributed by atoms with Crippen molar-refractivity contribution < 1.29 is 13.6 Å². The van der Waals surface area contributed by atoms with Crippen LogP contribution in [0.2, 0.25) is 0 Å². The average molecular weight is 276 g/mol. The molecule has 0 spiro atoms. The molecule has 5 heteroatoms. The van der Waals surface area contributed by atoms with Crippen LogP contribution >= 0.6 is 11.6 Å². The fourth-order valence-electron chi connectivity index (χ4n) is 1.63. The minimum Gasteiger partial charge on any atom is -0.345 e. The zero-order valence-corrected chi connectivity index (χ0v) is 11.2. The monoisotopic (exact) mass is 275 g/mol. The van der Waals surface area contributed by atoms with Crippen molar-refractivity contribution in [1.82, 2.24) is 5.32 Å². The van der Waals surface area contributed by atoms with Crippen molar-refractivity contribution in [2.75, 3.05) is 5.88 Å². The van der Waals surface area contributed by atoms with Gasteiger partial charge in [0, 0.05) is 5.88 Å². The highest BCUT2D eigenvalue weighted by molar-refractivity contribution is 6.19. The normalized spacial score (nSPS) is 11.4. The summed E-state index contributed by atoms with van der Waals surface area (Å²) in [5, 5.41) is 2.69. The highest BCUT2D eigenvalue weighted by Gasteiger charge is 2.28. The van der Waals surface area contributed by atoms with E-state index in [4.69, 9.17) is 11.6 Å². The lowest BCUT2D eigenvalue weighted by Gasteiger charge is -2.30. The fraction of sp³-hybridized carbons (Fsp3) is 0.462. The van der Waals surface area contributed by atoms with Gasteiger partial charge in [0.05, 0.1) is 11.1 Å². The van der Waals surface area contributed by atoms with E-state index in [-0.39, 0.29) is 11.4 Å². The van der Waals surface area contributed by atoms with E-state index >= 15 is 0 Å². The Morgan fingerprint density at radius 1 is 1.33 bits per heavy atom. The number of amides is 1. The molecule has 0 aliphatic carbocycles. The van der Waals surface area contributed by atoms with Gasteiger partial charge in [0.25, 0.3) is 5.91 Å². The van der Waals surface area contributed by atoms with Crippen LogP contribution in [0.15, 0.2) is 18.2 Å². The second-order valence-electron chi connectivity index (χ2n) is 4.20. The minimum atomic E-state index is -0.746. The number of halogens is 3. The van der Waals surface area contributed by atoms with Crippen LogP contribution in [0.1, 0.15) is 37.0 Å². The standard InChI is InChI=1S/C13H16ClF2NO/c1-3-13(4-2,8-14)17-12(18)10-7-9(15)5-6-11(10)16/h5-7H,3-4,8H2,1-2H3,(H,17,18). The molecule has 0 unspecified atom stereocenters. The van der Waals surface area contributed by atoms with Gasteiger partial charge < -0.3 is 5.32 Å². The Morgan fingerprint density at radius 2 is 1.94 bits per heavy atom. The molecular formula is C13H16ClF2NO. The first kappa shape index (κ1) is 14.9. The molecule has 0 atom stereocenters. The first-order valence-electron chi connectivity index (χ1n) is 5.81. The molecule has 0 aliphatic rings. The van der Waals surface area contributed by atoms with E-state index in [0.717, 1.165) is 18.2 Å². The van der Waals surface area contributed by atoms with Gasteiger partial charge in [0.15, 0.2) is 0 Å². The second kappa shape index (κ2) is 6.14. The third-order valence-electron chi connectivity index (χ3n) is 3.16. The van der Waals surface area contributed by atoms with Gasteiger partial charge in [0.2, 0.25) is 0 Å². The van der Waals surface area contributed by atoms with Gasteiger partial charge in [-0.1, -0.05) is 13.8 Å². The maximum Gasteiger partial charge on any atom is 0.254 e. The minimum absolute atomic E-state index is 0.225. The summed E-state index contributed by atoms with van der Waals surface area (Å²) >= 11 is 5.84. The number of alkyl halides is 1. The van der Waals surface area contributed by atoms with Crippen LogP contribution in [0, 0.1) is 11.6 Å². The fourth-order valence-corrected chi connectivity index (χ4v) is 2.07. The van der Waals surface area contributed by atoms with Gasteiger partial charge in [-0.25, -0.2) is 8.78 Å². The summed E-state index contributed by atoms with van der Waals surface area (Å²) in [6.45, 7) is 3.77. The van der Waals surface area contributed by atoms with E-state index in [1.807, 2.05) is 13.8 Å². The van der Waals surface area contributed by atoms with Crippen LogP contribution in [0.3, 0.4) is 0 Å². The lowest BCUT2D eigenvalue weighted by atomic mass is 9.94. The topological polar surface area (TPSA) is 29.1 Å². The summed E-state index contributed by atoms with van der Waals surface area (Å²) < 4.78 is 26.5. The van der Waals surface area contributed by atoms with Crippen molar-refractivity contribution in [2.45, 2.75) is 32.2 Å². The van der Waals surface area contributed by atoms with Gasteiger partial charge in [-0.2, -0.15) is 0 Å². The predicted octanol–water partition coefficient (Wildman–Crippen LogP) is 3.49. The Labute approximate surface area is 110 Å². The third-order valence-corrected chi connectivity index (χ3v) is 3.67. The molecule has 0 saturated heterocycles. The molecular weight excluding hydrogens is 260 g/mol. The van der Waals surface area contributed by atoms with Crippen LogP contribution in [-0.2, 0) is 0 Å². The van der Waals surface area contributed by atoms with E-state index in [1.54, 1.807) is 0 Å². The molecule has 100 valence electrons. The first-order valence-corrected chi connectivity index (χ1v) is 6.35. The van der Waals surface area contributed by atoms with Gasteiger partial charge in [-0.05, 0) is 31.0 Å². The summed E-state index contributed by atoms with van der Waals surface area (Å²) in [4.78, 5) is 11.9. The molecule has 0 bridgehead atoms. The highest BCUT2D eigenvalue weighted by Crippen LogP contribution is 2.19. The van der Waals surface area contributed by atoms with E-state index < -0.39 is 23.1 Å². The molecule has 0 saturated carbocycles. The molecule has 0 radical (unpaired) electrons. The van der Waals surface area contributed by atoms with Crippen molar-refractivity contribution in [3.8, 4) is 0 Å². The number of benzene rings is 1. The van der Waals surface area contributed by atoms with Gasteiger partial charge in [0.1, 0.15) is 11.6 Å². The van der Waals surface area contributed by atoms with Crippen molar-refractivity contribution in [1.29, 1.82) is 0 Å². The molecule has 1 aromatic carbocycles. The van der Waals surface area contributed by atoms with Crippen molar-refractivity contribution >= 4 is 17.5 Å². The Bertz CT molecular complexity index is 425. The Morgan fingerprint density at radius 3 is 2.44 bits per heavy atom. The molecule has 0 aliphatic heterocycles. The molecule has 0 heterocycles. The zero-order valence-electron chi connectivity index (χ0n) is 10.4. The number of hydrogen-bond donors (Lipinski definition) is 1. The second-order valence-corrected chi connectivity index (χ2v) is 4.47. The van der Waals surface area contributed by atoms with E-state index in [9.17, 15) is 13.6 Å². The lowest BCUT2D eigenvalue weighted by Crippen LogP contribution is -2.49. The van der Waals surface area contributed by atoms with E-state index in [0.29, 0.717) is 12.8 Å². The molecule has 1 rings (SSSR count). The SMILES string of the molecule is CCC(CC)(CCl)NC(=O)c1cc(F)ccc1F. The van der Waals surface area contributed by atoms with Gasteiger partial charge in [-0.15, -0.1) is 11.6 Å². The zero-order chi connectivity index (χ0) is 13.8. The number of nitrogens with one attached hydrogen (secondary N) is 1. The van der Waals surface area contributed by atoms with Crippen LogP contribution in [-0.4, -0.2) is 17.3 Å². The average Bonchev–Trinajstić information content (AvgIpc) is 2.38. The van der Waals surface area contributed by atoms with Crippen LogP contribution in [0.5, 0.6) is 0 Å². The molecule has 18 heavy (non-hydrogen) atoms. The molecule has 0 aromatic heterocycles. The van der Waals surface area contributed by atoms with Crippen molar-refractivity contribution in [3.63, 3.8) is 0 Å². The van der Waals surface area contributed by atoms with E-state index in [1.165, 1.54) is 0 Å². The number of hydrogen-bond acceptors (Lipinski definition) is 1. The molecule has 1 aromatic rings. The highest BCUT2D eigenvalue weighted by atomic mass is 35.5. The first-order chi connectivity index (χ1) is 8.48.